The second-order valence-corrected chi connectivity index (χ2v) is 11.2. The van der Waals surface area contributed by atoms with Crippen LogP contribution in [0.1, 0.15) is 51.7 Å². The molecule has 0 unspecified atom stereocenters. The van der Waals surface area contributed by atoms with Crippen molar-refractivity contribution in [1.29, 1.82) is 0 Å². The lowest BCUT2D eigenvalue weighted by molar-refractivity contribution is -0.139. The quantitative estimate of drug-likeness (QED) is 0.523. The summed E-state index contributed by atoms with van der Waals surface area (Å²) in [5.74, 6) is -0.787. The minimum atomic E-state index is -3.79. The molecule has 0 aliphatic heterocycles. The minimum absolute atomic E-state index is 0.0468. The Bertz CT molecular complexity index is 1120. The molecule has 1 N–H and O–H groups in total. The van der Waals surface area contributed by atoms with E-state index in [0.717, 1.165) is 16.1 Å². The smallest absolute Gasteiger partial charge is 0.244 e. The number of anilines is 1. The highest BCUT2D eigenvalue weighted by atomic mass is 35.5. The van der Waals surface area contributed by atoms with Crippen LogP contribution in [-0.4, -0.2) is 50.0 Å². The molecule has 0 aliphatic carbocycles. The van der Waals surface area contributed by atoms with Crippen LogP contribution in [0.4, 0.5) is 5.69 Å². The van der Waals surface area contributed by atoms with Crippen LogP contribution in [0.2, 0.25) is 5.02 Å². The van der Waals surface area contributed by atoms with Gasteiger partial charge in [-0.25, -0.2) is 8.42 Å². The Morgan fingerprint density at radius 2 is 1.56 bits per heavy atom. The molecule has 0 fully saturated rings. The highest BCUT2D eigenvalue weighted by Gasteiger charge is 2.31. The van der Waals surface area contributed by atoms with Crippen molar-refractivity contribution >= 4 is 39.1 Å². The van der Waals surface area contributed by atoms with Crippen molar-refractivity contribution in [3.8, 4) is 0 Å². The molecule has 0 radical (unpaired) electrons. The summed E-state index contributed by atoms with van der Waals surface area (Å²) in [5, 5.41) is 3.28. The van der Waals surface area contributed by atoms with Crippen LogP contribution in [-0.2, 0) is 26.2 Å². The van der Waals surface area contributed by atoms with E-state index in [2.05, 4.69) is 5.32 Å². The summed E-state index contributed by atoms with van der Waals surface area (Å²) >= 11 is 6.33. The molecule has 2 aromatic rings. The number of rotatable bonds is 10. The standard InChI is InChI=1S/C25H34ClN3O4S/c1-17(2)21-12-8-10-14-23(21)29(34(6,32)33)16-24(30)28(19(5)25(31)27-18(3)4)15-20-11-7-9-13-22(20)26/h7-14,17-19H,15-16H2,1-6H3,(H,27,31)/t19-/m0/s1. The molecule has 0 aliphatic rings. The molecule has 0 saturated carbocycles. The number of nitrogens with zero attached hydrogens (tertiary/aromatic N) is 2. The third-order valence-corrected chi connectivity index (χ3v) is 6.90. The van der Waals surface area contributed by atoms with E-state index >= 15 is 0 Å². The molecular weight excluding hydrogens is 474 g/mol. The van der Waals surface area contributed by atoms with Gasteiger partial charge in [-0.1, -0.05) is 61.8 Å². The van der Waals surface area contributed by atoms with Crippen LogP contribution in [0.15, 0.2) is 48.5 Å². The van der Waals surface area contributed by atoms with Gasteiger partial charge in [-0.15, -0.1) is 0 Å². The molecule has 0 bridgehead atoms. The number of para-hydroxylation sites is 1. The molecule has 0 saturated heterocycles. The first-order valence-corrected chi connectivity index (χ1v) is 13.5. The summed E-state index contributed by atoms with van der Waals surface area (Å²) in [6.45, 7) is 8.84. The molecule has 0 heterocycles. The maximum atomic E-state index is 13.6. The van der Waals surface area contributed by atoms with Crippen molar-refractivity contribution < 1.29 is 18.0 Å². The zero-order valence-electron chi connectivity index (χ0n) is 20.6. The predicted molar refractivity (Wildman–Crippen MR) is 137 cm³/mol. The van der Waals surface area contributed by atoms with Crippen molar-refractivity contribution in [2.24, 2.45) is 0 Å². The normalized spacial score (nSPS) is 12.5. The zero-order valence-corrected chi connectivity index (χ0v) is 22.2. The van der Waals surface area contributed by atoms with E-state index in [0.29, 0.717) is 16.3 Å². The Kier molecular flexibility index (Phi) is 9.53. The van der Waals surface area contributed by atoms with E-state index in [1.54, 1.807) is 43.3 Å². The largest absolute Gasteiger partial charge is 0.352 e. The van der Waals surface area contributed by atoms with Gasteiger partial charge in [-0.3, -0.25) is 13.9 Å². The Morgan fingerprint density at radius 3 is 2.12 bits per heavy atom. The van der Waals surface area contributed by atoms with Crippen molar-refractivity contribution in [3.63, 3.8) is 0 Å². The molecule has 0 aromatic heterocycles. The number of sulfonamides is 1. The molecule has 2 aromatic carbocycles. The SMILES string of the molecule is CC(C)NC(=O)[C@H](C)N(Cc1ccccc1Cl)C(=O)CN(c1ccccc1C(C)C)S(C)(=O)=O. The third-order valence-electron chi connectivity index (χ3n) is 5.40. The molecule has 7 nitrogen and oxygen atoms in total. The lowest BCUT2D eigenvalue weighted by Gasteiger charge is -2.32. The van der Waals surface area contributed by atoms with Crippen molar-refractivity contribution in [1.82, 2.24) is 10.2 Å². The number of benzene rings is 2. The highest BCUT2D eigenvalue weighted by Crippen LogP contribution is 2.29. The summed E-state index contributed by atoms with van der Waals surface area (Å²) < 4.78 is 26.7. The molecule has 1 atom stereocenters. The van der Waals surface area contributed by atoms with E-state index in [1.807, 2.05) is 39.8 Å². The molecular formula is C25H34ClN3O4S. The molecule has 2 amide bonds. The Labute approximate surface area is 208 Å². The number of nitrogens with one attached hydrogen (secondary N) is 1. The average molecular weight is 508 g/mol. The number of carbonyl (C=O) groups excluding carboxylic acids is 2. The van der Waals surface area contributed by atoms with Gasteiger partial charge in [0.25, 0.3) is 0 Å². The fraction of sp³-hybridized carbons (Fsp3) is 0.440. The van der Waals surface area contributed by atoms with Gasteiger partial charge >= 0.3 is 0 Å². The van der Waals surface area contributed by atoms with E-state index in [1.165, 1.54) is 4.90 Å². The van der Waals surface area contributed by atoms with Crippen LogP contribution in [0, 0.1) is 0 Å². The predicted octanol–water partition coefficient (Wildman–Crippen LogP) is 4.17. The van der Waals surface area contributed by atoms with Gasteiger partial charge < -0.3 is 10.2 Å². The fourth-order valence-electron chi connectivity index (χ4n) is 3.60. The first-order chi connectivity index (χ1) is 15.8. The van der Waals surface area contributed by atoms with Crippen molar-refractivity contribution in [3.05, 3.63) is 64.7 Å². The van der Waals surface area contributed by atoms with Crippen LogP contribution in [0.5, 0.6) is 0 Å². The van der Waals surface area contributed by atoms with Gasteiger partial charge in [0.1, 0.15) is 12.6 Å². The van der Waals surface area contributed by atoms with Crippen molar-refractivity contribution in [2.75, 3.05) is 17.1 Å². The maximum Gasteiger partial charge on any atom is 0.244 e. The monoisotopic (exact) mass is 507 g/mol. The van der Waals surface area contributed by atoms with Crippen LogP contribution in [0.3, 0.4) is 0 Å². The lowest BCUT2D eigenvalue weighted by Crippen LogP contribution is -2.52. The topological polar surface area (TPSA) is 86.8 Å². The fourth-order valence-corrected chi connectivity index (χ4v) is 4.66. The average Bonchev–Trinajstić information content (AvgIpc) is 2.75. The summed E-state index contributed by atoms with van der Waals surface area (Å²) in [6, 6.07) is 13.2. The number of amides is 2. The third kappa shape index (κ3) is 7.21. The van der Waals surface area contributed by atoms with E-state index in [9.17, 15) is 18.0 Å². The van der Waals surface area contributed by atoms with Gasteiger partial charge in [0.2, 0.25) is 21.8 Å². The van der Waals surface area contributed by atoms with Gasteiger partial charge in [0.15, 0.2) is 0 Å². The number of carbonyl (C=O) groups is 2. The highest BCUT2D eigenvalue weighted by molar-refractivity contribution is 7.92. The summed E-state index contributed by atoms with van der Waals surface area (Å²) in [5.41, 5.74) is 1.92. The van der Waals surface area contributed by atoms with Crippen molar-refractivity contribution in [2.45, 2.75) is 59.2 Å². The Balaban J connectivity index is 2.47. The van der Waals surface area contributed by atoms with Gasteiger partial charge in [-0.05, 0) is 49.9 Å². The second-order valence-electron chi connectivity index (χ2n) is 8.94. The Morgan fingerprint density at radius 1 is 0.971 bits per heavy atom. The maximum absolute atomic E-state index is 13.6. The van der Waals surface area contributed by atoms with Gasteiger partial charge in [0, 0.05) is 17.6 Å². The molecule has 0 spiro atoms. The Hall–Kier alpha value is -2.58. The zero-order chi connectivity index (χ0) is 25.6. The van der Waals surface area contributed by atoms with Crippen LogP contribution < -0.4 is 9.62 Å². The molecule has 9 heteroatoms. The van der Waals surface area contributed by atoms with Gasteiger partial charge in [-0.2, -0.15) is 0 Å². The lowest BCUT2D eigenvalue weighted by atomic mass is 10.0. The molecule has 186 valence electrons. The summed E-state index contributed by atoms with van der Waals surface area (Å²) in [7, 11) is -3.79. The van der Waals surface area contributed by atoms with Crippen LogP contribution >= 0.6 is 11.6 Å². The summed E-state index contributed by atoms with van der Waals surface area (Å²) in [6.07, 6.45) is 1.07. The van der Waals surface area contributed by atoms with Crippen LogP contribution in [0.25, 0.3) is 0 Å². The number of hydrogen-bond donors (Lipinski definition) is 1. The van der Waals surface area contributed by atoms with E-state index in [-0.39, 0.29) is 24.4 Å². The van der Waals surface area contributed by atoms with E-state index < -0.39 is 28.5 Å². The second kappa shape index (κ2) is 11.7. The molecule has 2 rings (SSSR count). The number of hydrogen-bond acceptors (Lipinski definition) is 4. The first-order valence-electron chi connectivity index (χ1n) is 11.2. The molecule has 34 heavy (non-hydrogen) atoms. The first kappa shape index (κ1) is 27.7. The summed E-state index contributed by atoms with van der Waals surface area (Å²) in [4.78, 5) is 27.8. The minimum Gasteiger partial charge on any atom is -0.352 e. The van der Waals surface area contributed by atoms with Gasteiger partial charge in [0.05, 0.1) is 11.9 Å². The van der Waals surface area contributed by atoms with E-state index in [4.69, 9.17) is 11.6 Å². The number of halogens is 1.